The summed E-state index contributed by atoms with van der Waals surface area (Å²) in [6.45, 7) is 3.23. The summed E-state index contributed by atoms with van der Waals surface area (Å²) in [4.78, 5) is 0. The number of fused-ring (bicyclic) bond motifs is 1. The van der Waals surface area contributed by atoms with Crippen LogP contribution in [0.1, 0.15) is 17.5 Å². The van der Waals surface area contributed by atoms with Gasteiger partial charge in [0.25, 0.3) is 0 Å². The summed E-state index contributed by atoms with van der Waals surface area (Å²) in [5.41, 5.74) is 6.82. The zero-order chi connectivity index (χ0) is 11.7. The Bertz CT molecular complexity index is 526. The Morgan fingerprint density at radius 3 is 2.65 bits per heavy atom. The number of aryl methyl sites for hydroxylation is 1. The topological polar surface area (TPSA) is 12.0 Å². The molecule has 1 aliphatic rings. The van der Waals surface area contributed by atoms with E-state index in [1.54, 1.807) is 0 Å². The van der Waals surface area contributed by atoms with E-state index in [-0.39, 0.29) is 0 Å². The zero-order valence-corrected chi connectivity index (χ0v) is 10.2. The Morgan fingerprint density at radius 1 is 1.00 bits per heavy atom. The van der Waals surface area contributed by atoms with Crippen LogP contribution >= 0.6 is 0 Å². The highest BCUT2D eigenvalue weighted by atomic mass is 14.9. The third-order valence-corrected chi connectivity index (χ3v) is 3.46. The average Bonchev–Trinajstić information content (AvgIpc) is 2.39. The molecular weight excluding hydrogens is 206 g/mol. The highest BCUT2D eigenvalue weighted by Gasteiger charge is 2.12. The van der Waals surface area contributed by atoms with Crippen molar-refractivity contribution in [2.24, 2.45) is 0 Å². The molecule has 0 atom stereocenters. The number of hydrogen-bond donors (Lipinski definition) is 1. The number of hydrogen-bond acceptors (Lipinski definition) is 1. The molecule has 0 saturated carbocycles. The van der Waals surface area contributed by atoms with Crippen molar-refractivity contribution in [3.8, 4) is 11.1 Å². The quantitative estimate of drug-likeness (QED) is 0.770. The maximum absolute atomic E-state index is 3.48. The van der Waals surface area contributed by atoms with Crippen LogP contribution in [0.2, 0.25) is 0 Å². The number of nitrogens with one attached hydrogen (secondary N) is 1. The monoisotopic (exact) mass is 223 g/mol. The van der Waals surface area contributed by atoms with Crippen LogP contribution in [-0.2, 0) is 6.42 Å². The van der Waals surface area contributed by atoms with Crippen molar-refractivity contribution in [2.45, 2.75) is 19.8 Å². The summed E-state index contributed by atoms with van der Waals surface area (Å²) in [7, 11) is 0. The minimum atomic E-state index is 1.10. The molecule has 0 radical (unpaired) electrons. The van der Waals surface area contributed by atoms with E-state index in [9.17, 15) is 0 Å². The molecule has 0 unspecified atom stereocenters. The normalized spacial score (nSPS) is 13.9. The Morgan fingerprint density at radius 2 is 1.82 bits per heavy atom. The molecule has 2 aromatic rings. The molecule has 1 heteroatoms. The van der Waals surface area contributed by atoms with Gasteiger partial charge < -0.3 is 5.32 Å². The molecule has 0 saturated heterocycles. The lowest BCUT2D eigenvalue weighted by atomic mass is 9.93. The zero-order valence-electron chi connectivity index (χ0n) is 10.2. The predicted octanol–water partition coefficient (Wildman–Crippen LogP) is 4.02. The molecule has 2 aromatic carbocycles. The number of benzene rings is 2. The van der Waals surface area contributed by atoms with Crippen LogP contribution in [0.25, 0.3) is 11.1 Å². The van der Waals surface area contributed by atoms with Gasteiger partial charge in [-0.1, -0.05) is 42.0 Å². The molecule has 1 heterocycles. The van der Waals surface area contributed by atoms with Crippen LogP contribution in [0.5, 0.6) is 0 Å². The van der Waals surface area contributed by atoms with E-state index in [1.807, 2.05) is 0 Å². The van der Waals surface area contributed by atoms with Gasteiger partial charge in [-0.2, -0.15) is 0 Å². The third-order valence-electron chi connectivity index (χ3n) is 3.46. The molecule has 0 aliphatic carbocycles. The summed E-state index contributed by atoms with van der Waals surface area (Å²) in [5.74, 6) is 0. The second kappa shape index (κ2) is 4.25. The molecule has 0 spiro atoms. The molecule has 1 nitrogen and oxygen atoms in total. The van der Waals surface area contributed by atoms with Crippen molar-refractivity contribution in [1.29, 1.82) is 0 Å². The smallest absolute Gasteiger partial charge is 0.0378 e. The van der Waals surface area contributed by atoms with Gasteiger partial charge in [0, 0.05) is 12.2 Å². The highest BCUT2D eigenvalue weighted by Crippen LogP contribution is 2.32. The summed E-state index contributed by atoms with van der Waals surface area (Å²) in [6.07, 6.45) is 2.42. The minimum Gasteiger partial charge on any atom is -0.385 e. The fourth-order valence-corrected chi connectivity index (χ4v) is 2.51. The van der Waals surface area contributed by atoms with Gasteiger partial charge in [0.1, 0.15) is 0 Å². The van der Waals surface area contributed by atoms with Crippen LogP contribution in [0.3, 0.4) is 0 Å². The van der Waals surface area contributed by atoms with Gasteiger partial charge in [-0.05, 0) is 42.5 Å². The number of anilines is 1. The van der Waals surface area contributed by atoms with Crippen LogP contribution < -0.4 is 5.32 Å². The minimum absolute atomic E-state index is 1.10. The van der Waals surface area contributed by atoms with Crippen molar-refractivity contribution in [3.63, 3.8) is 0 Å². The highest BCUT2D eigenvalue weighted by molar-refractivity contribution is 5.74. The van der Waals surface area contributed by atoms with E-state index in [4.69, 9.17) is 0 Å². The van der Waals surface area contributed by atoms with Crippen LogP contribution in [-0.4, -0.2) is 6.54 Å². The van der Waals surface area contributed by atoms with E-state index < -0.39 is 0 Å². The Balaban J connectivity index is 2.11. The molecule has 1 aliphatic heterocycles. The maximum atomic E-state index is 3.48. The summed E-state index contributed by atoms with van der Waals surface area (Å²) < 4.78 is 0. The first kappa shape index (κ1) is 10.4. The fourth-order valence-electron chi connectivity index (χ4n) is 2.51. The SMILES string of the molecule is Cc1ccc(-c2cccc3c2CCCN3)cc1. The van der Waals surface area contributed by atoms with Crippen LogP contribution in [0.15, 0.2) is 42.5 Å². The Labute approximate surface area is 102 Å². The average molecular weight is 223 g/mol. The first-order valence-electron chi connectivity index (χ1n) is 6.27. The van der Waals surface area contributed by atoms with Crippen molar-refractivity contribution in [2.75, 3.05) is 11.9 Å². The lowest BCUT2D eigenvalue weighted by molar-refractivity contribution is 0.832. The molecule has 0 aromatic heterocycles. The largest absolute Gasteiger partial charge is 0.385 e. The first-order chi connectivity index (χ1) is 8.34. The van der Waals surface area contributed by atoms with Crippen molar-refractivity contribution < 1.29 is 0 Å². The van der Waals surface area contributed by atoms with Crippen molar-refractivity contribution in [3.05, 3.63) is 53.6 Å². The second-order valence-corrected chi connectivity index (χ2v) is 4.73. The lowest BCUT2D eigenvalue weighted by Crippen LogP contribution is -2.12. The summed E-state index contributed by atoms with van der Waals surface area (Å²) in [5, 5.41) is 3.48. The van der Waals surface area contributed by atoms with E-state index in [1.165, 1.54) is 40.8 Å². The molecule has 17 heavy (non-hydrogen) atoms. The first-order valence-corrected chi connectivity index (χ1v) is 6.27. The van der Waals surface area contributed by atoms with Gasteiger partial charge in [-0.15, -0.1) is 0 Å². The number of rotatable bonds is 1. The van der Waals surface area contributed by atoms with E-state index in [0.717, 1.165) is 6.54 Å². The third kappa shape index (κ3) is 1.93. The van der Waals surface area contributed by atoms with E-state index in [0.29, 0.717) is 0 Å². The lowest BCUT2D eigenvalue weighted by Gasteiger charge is -2.21. The fraction of sp³-hybridized carbons (Fsp3) is 0.250. The van der Waals surface area contributed by atoms with E-state index in [2.05, 4.69) is 54.7 Å². The van der Waals surface area contributed by atoms with Crippen LogP contribution in [0, 0.1) is 6.92 Å². The predicted molar refractivity (Wildman–Crippen MR) is 73.4 cm³/mol. The molecule has 0 amide bonds. The molecule has 0 fully saturated rings. The van der Waals surface area contributed by atoms with Gasteiger partial charge >= 0.3 is 0 Å². The molecular formula is C16H17N. The Kier molecular flexibility index (Phi) is 2.60. The molecule has 3 rings (SSSR count). The molecule has 1 N–H and O–H groups in total. The summed E-state index contributed by atoms with van der Waals surface area (Å²) in [6, 6.07) is 15.4. The van der Waals surface area contributed by atoms with Gasteiger partial charge in [-0.3, -0.25) is 0 Å². The van der Waals surface area contributed by atoms with Crippen molar-refractivity contribution in [1.82, 2.24) is 0 Å². The van der Waals surface area contributed by atoms with Gasteiger partial charge in [0.05, 0.1) is 0 Å². The van der Waals surface area contributed by atoms with Crippen molar-refractivity contribution >= 4 is 5.69 Å². The van der Waals surface area contributed by atoms with Gasteiger partial charge in [0.2, 0.25) is 0 Å². The van der Waals surface area contributed by atoms with Crippen LogP contribution in [0.4, 0.5) is 5.69 Å². The second-order valence-electron chi connectivity index (χ2n) is 4.73. The standard InChI is InChI=1S/C16H17N/c1-12-7-9-13(10-8-12)14-4-2-6-16-15(14)5-3-11-17-16/h2,4,6-10,17H,3,5,11H2,1H3. The molecule has 0 bridgehead atoms. The van der Waals surface area contributed by atoms with E-state index >= 15 is 0 Å². The van der Waals surface area contributed by atoms with Gasteiger partial charge in [-0.25, -0.2) is 0 Å². The molecule has 86 valence electrons. The summed E-state index contributed by atoms with van der Waals surface area (Å²) >= 11 is 0. The van der Waals surface area contributed by atoms with Gasteiger partial charge in [0.15, 0.2) is 0 Å². The maximum Gasteiger partial charge on any atom is 0.0378 e. The Hall–Kier alpha value is -1.76.